The summed E-state index contributed by atoms with van der Waals surface area (Å²) in [6.07, 6.45) is 9.62. The molecule has 4 rings (SSSR count). The van der Waals surface area contributed by atoms with Crippen LogP contribution >= 0.6 is 11.6 Å². The Hall–Kier alpha value is -2.97. The Kier molecular flexibility index (Phi) is 5.93. The first-order valence-corrected chi connectivity index (χ1v) is 10.6. The van der Waals surface area contributed by atoms with Gasteiger partial charge in [-0.05, 0) is 38.2 Å². The first-order chi connectivity index (χ1) is 14.9. The van der Waals surface area contributed by atoms with Gasteiger partial charge in [0, 0.05) is 41.1 Å². The van der Waals surface area contributed by atoms with Crippen molar-refractivity contribution in [3.63, 3.8) is 0 Å². The number of fused-ring (bicyclic) bond motifs is 1. The molecular weight excluding hydrogens is 418 g/mol. The highest BCUT2D eigenvalue weighted by Gasteiger charge is 2.36. The van der Waals surface area contributed by atoms with Crippen LogP contribution in [0.2, 0.25) is 5.02 Å². The monoisotopic (exact) mass is 441 g/mol. The van der Waals surface area contributed by atoms with Crippen molar-refractivity contribution >= 4 is 34.4 Å². The topological polar surface area (TPSA) is 124 Å². The van der Waals surface area contributed by atoms with E-state index in [0.717, 1.165) is 29.4 Å². The highest BCUT2D eigenvalue weighted by atomic mass is 35.5. The maximum atomic E-state index is 11.2. The number of hydrogen-bond acceptors (Lipinski definition) is 6. The van der Waals surface area contributed by atoms with E-state index in [-0.39, 0.29) is 12.5 Å². The lowest BCUT2D eigenvalue weighted by Gasteiger charge is -2.36. The molecule has 1 aliphatic rings. The van der Waals surface area contributed by atoms with E-state index in [4.69, 9.17) is 21.7 Å². The molecule has 0 aromatic carbocycles. The average molecular weight is 442 g/mol. The second-order valence-corrected chi connectivity index (χ2v) is 8.48. The zero-order chi connectivity index (χ0) is 22.0. The minimum Gasteiger partial charge on any atom is -0.481 e. The number of aromatic nitrogens is 4. The molecule has 3 aromatic heterocycles. The standard InChI is InChI=1S/C22H24ClN5O3/c1-2-4-13-10-24-21(17-12-26-20-16(17)7-14(23)11-25-20)28-19(13)27-15-5-3-6-22(31,8-15)9-18(29)30/h2,7,10-12,15,31H,1,3-6,8-9H2,(H,25,26)(H,29,30)(H,24,27,28)/t15?,22-/m0/s1. The predicted molar refractivity (Wildman–Crippen MR) is 119 cm³/mol. The van der Waals surface area contributed by atoms with Crippen molar-refractivity contribution in [3.8, 4) is 11.4 Å². The van der Waals surface area contributed by atoms with Gasteiger partial charge in [0.2, 0.25) is 0 Å². The molecule has 1 aliphatic carbocycles. The number of aromatic amines is 1. The molecule has 3 heterocycles. The van der Waals surface area contributed by atoms with E-state index in [9.17, 15) is 9.90 Å². The summed E-state index contributed by atoms with van der Waals surface area (Å²) < 4.78 is 0. The maximum absolute atomic E-state index is 11.2. The van der Waals surface area contributed by atoms with E-state index in [1.54, 1.807) is 24.7 Å². The molecule has 0 saturated heterocycles. The molecule has 2 atom stereocenters. The minimum atomic E-state index is -1.21. The summed E-state index contributed by atoms with van der Waals surface area (Å²) in [7, 11) is 0. The van der Waals surface area contributed by atoms with Gasteiger partial charge in [-0.15, -0.1) is 6.58 Å². The molecule has 4 N–H and O–H groups in total. The zero-order valence-electron chi connectivity index (χ0n) is 16.9. The van der Waals surface area contributed by atoms with Crippen molar-refractivity contribution in [1.29, 1.82) is 0 Å². The van der Waals surface area contributed by atoms with Crippen LogP contribution in [0.15, 0.2) is 37.3 Å². The highest BCUT2D eigenvalue weighted by Crippen LogP contribution is 2.34. The Balaban J connectivity index is 1.65. The van der Waals surface area contributed by atoms with Gasteiger partial charge in [-0.3, -0.25) is 4.79 Å². The summed E-state index contributed by atoms with van der Waals surface area (Å²) in [5.74, 6) is 0.174. The van der Waals surface area contributed by atoms with Gasteiger partial charge in [-0.1, -0.05) is 17.7 Å². The second kappa shape index (κ2) is 8.64. The van der Waals surface area contributed by atoms with Crippen LogP contribution in [0.1, 0.15) is 37.7 Å². The molecule has 9 heteroatoms. The summed E-state index contributed by atoms with van der Waals surface area (Å²) in [4.78, 5) is 27.8. The SMILES string of the molecule is C=CCc1cnc(-c2c[nH]c3ncc(Cl)cc23)nc1NC1CCC[C@@](O)(CC(=O)O)C1. The van der Waals surface area contributed by atoms with Crippen molar-refractivity contribution in [2.75, 3.05) is 5.32 Å². The zero-order valence-corrected chi connectivity index (χ0v) is 17.7. The predicted octanol–water partition coefficient (Wildman–Crippen LogP) is 3.96. The highest BCUT2D eigenvalue weighted by molar-refractivity contribution is 6.31. The van der Waals surface area contributed by atoms with Crippen molar-refractivity contribution in [2.45, 2.75) is 50.2 Å². The first-order valence-electron chi connectivity index (χ1n) is 10.2. The maximum Gasteiger partial charge on any atom is 0.306 e. The van der Waals surface area contributed by atoms with Crippen molar-refractivity contribution in [2.24, 2.45) is 0 Å². The lowest BCUT2D eigenvalue weighted by molar-refractivity contribution is -0.143. The number of halogens is 1. The van der Waals surface area contributed by atoms with E-state index in [2.05, 4.69) is 26.8 Å². The van der Waals surface area contributed by atoms with Gasteiger partial charge in [-0.2, -0.15) is 0 Å². The molecule has 1 fully saturated rings. The van der Waals surface area contributed by atoms with E-state index in [1.807, 2.05) is 6.07 Å². The fourth-order valence-corrected chi connectivity index (χ4v) is 4.39. The molecule has 3 aromatic rings. The summed E-state index contributed by atoms with van der Waals surface area (Å²) in [6.45, 7) is 3.81. The third-order valence-corrected chi connectivity index (χ3v) is 5.82. The number of H-pyrrole nitrogens is 1. The summed E-state index contributed by atoms with van der Waals surface area (Å²) in [6, 6.07) is 1.72. The van der Waals surface area contributed by atoms with Crippen LogP contribution in [-0.4, -0.2) is 47.8 Å². The Bertz CT molecular complexity index is 1130. The van der Waals surface area contributed by atoms with Crippen LogP contribution in [0.5, 0.6) is 0 Å². The van der Waals surface area contributed by atoms with Gasteiger partial charge >= 0.3 is 5.97 Å². The van der Waals surface area contributed by atoms with Crippen molar-refractivity contribution < 1.29 is 15.0 Å². The summed E-state index contributed by atoms with van der Waals surface area (Å²) >= 11 is 6.12. The van der Waals surface area contributed by atoms with Crippen LogP contribution in [0, 0.1) is 0 Å². The molecule has 0 radical (unpaired) electrons. The van der Waals surface area contributed by atoms with Gasteiger partial charge in [0.1, 0.15) is 11.5 Å². The van der Waals surface area contributed by atoms with Gasteiger partial charge in [0.05, 0.1) is 17.0 Å². The van der Waals surface area contributed by atoms with E-state index < -0.39 is 11.6 Å². The number of rotatable bonds is 7. The molecule has 0 amide bonds. The number of aliphatic carboxylic acids is 1. The molecule has 1 unspecified atom stereocenters. The summed E-state index contributed by atoms with van der Waals surface area (Å²) in [5.41, 5.74) is 1.14. The van der Waals surface area contributed by atoms with Crippen LogP contribution in [0.3, 0.4) is 0 Å². The quantitative estimate of drug-likeness (QED) is 0.409. The average Bonchev–Trinajstić information content (AvgIpc) is 3.11. The number of carboxylic acid groups (broad SMARTS) is 1. The molecule has 0 bridgehead atoms. The molecule has 0 aliphatic heterocycles. The van der Waals surface area contributed by atoms with E-state index in [0.29, 0.717) is 41.6 Å². The van der Waals surface area contributed by atoms with Crippen molar-refractivity contribution in [1.82, 2.24) is 19.9 Å². The fraction of sp³-hybridized carbons (Fsp3) is 0.364. The third kappa shape index (κ3) is 4.70. The third-order valence-electron chi connectivity index (χ3n) is 5.61. The first kappa shape index (κ1) is 21.3. The van der Waals surface area contributed by atoms with Crippen LogP contribution in [0.4, 0.5) is 5.82 Å². The number of carboxylic acids is 1. The second-order valence-electron chi connectivity index (χ2n) is 8.04. The molecule has 162 valence electrons. The van der Waals surface area contributed by atoms with Gasteiger partial charge < -0.3 is 20.5 Å². The largest absolute Gasteiger partial charge is 0.481 e. The Labute approximate surface area is 184 Å². The Morgan fingerprint density at radius 3 is 3.03 bits per heavy atom. The number of anilines is 1. The van der Waals surface area contributed by atoms with Crippen LogP contribution in [-0.2, 0) is 11.2 Å². The van der Waals surface area contributed by atoms with Crippen LogP contribution in [0.25, 0.3) is 22.4 Å². The number of nitrogens with one attached hydrogen (secondary N) is 2. The van der Waals surface area contributed by atoms with E-state index >= 15 is 0 Å². The van der Waals surface area contributed by atoms with E-state index in [1.165, 1.54) is 0 Å². The lowest BCUT2D eigenvalue weighted by Crippen LogP contribution is -2.42. The van der Waals surface area contributed by atoms with Crippen molar-refractivity contribution in [3.05, 3.63) is 47.9 Å². The number of hydrogen-bond donors (Lipinski definition) is 4. The Morgan fingerprint density at radius 2 is 2.26 bits per heavy atom. The summed E-state index contributed by atoms with van der Waals surface area (Å²) in [5, 5.41) is 24.6. The molecule has 1 saturated carbocycles. The number of allylic oxidation sites excluding steroid dienone is 1. The molecule has 31 heavy (non-hydrogen) atoms. The number of aliphatic hydroxyl groups is 1. The smallest absolute Gasteiger partial charge is 0.306 e. The number of carbonyl (C=O) groups is 1. The van der Waals surface area contributed by atoms with Gasteiger partial charge in [0.15, 0.2) is 5.82 Å². The number of pyridine rings is 1. The van der Waals surface area contributed by atoms with Gasteiger partial charge in [0.25, 0.3) is 0 Å². The number of nitrogens with zero attached hydrogens (tertiary/aromatic N) is 3. The molecule has 8 nitrogen and oxygen atoms in total. The lowest BCUT2D eigenvalue weighted by atomic mass is 9.79. The molecule has 0 spiro atoms. The van der Waals surface area contributed by atoms with Gasteiger partial charge in [-0.25, -0.2) is 15.0 Å². The molecular formula is C22H24ClN5O3. The normalized spacial score (nSPS) is 21.2. The fourth-order valence-electron chi connectivity index (χ4n) is 4.23. The minimum absolute atomic E-state index is 0.0940. The van der Waals surface area contributed by atoms with Crippen LogP contribution < -0.4 is 5.32 Å². The Morgan fingerprint density at radius 1 is 1.42 bits per heavy atom.